The van der Waals surface area contributed by atoms with E-state index in [0.717, 1.165) is 14.6 Å². The van der Waals surface area contributed by atoms with Crippen LogP contribution in [-0.4, -0.2) is 83.6 Å². The van der Waals surface area contributed by atoms with E-state index in [1.807, 2.05) is 20.8 Å². The van der Waals surface area contributed by atoms with Crippen LogP contribution in [0.5, 0.6) is 0 Å². The summed E-state index contributed by atoms with van der Waals surface area (Å²) in [4.78, 5) is 0. The van der Waals surface area contributed by atoms with E-state index in [-0.39, 0.29) is 61.0 Å². The van der Waals surface area contributed by atoms with Gasteiger partial charge in [0.05, 0.1) is 31.5 Å². The first-order valence-corrected chi connectivity index (χ1v) is 13.6. The first-order chi connectivity index (χ1) is 14.1. The van der Waals surface area contributed by atoms with Crippen molar-refractivity contribution in [2.45, 2.75) is 90.8 Å². The number of hydrogen-bond acceptors (Lipinski definition) is 7. The second-order valence-corrected chi connectivity index (χ2v) is 10.9. The molecule has 7 nitrogen and oxygen atoms in total. The second kappa shape index (κ2) is 11.8. The molecule has 174 valence electrons. The molecule has 0 saturated carbocycles. The minimum Gasteiger partial charge on any atom is -0.378 e. The maximum Gasteiger partial charge on any atom is 0.328 e. The highest BCUT2D eigenvalue weighted by Crippen LogP contribution is 2.49. The summed E-state index contributed by atoms with van der Waals surface area (Å²) in [6, 6.07) is 0.181. The molecule has 2 fully saturated rings. The highest BCUT2D eigenvalue weighted by Gasteiger charge is 2.46. The molecule has 2 aliphatic heterocycles. The van der Waals surface area contributed by atoms with Crippen molar-refractivity contribution in [3.8, 4) is 0 Å². The van der Waals surface area contributed by atoms with Gasteiger partial charge in [0.2, 0.25) is 0 Å². The molecule has 3 unspecified atom stereocenters. The monoisotopic (exact) mass is 446 g/mol. The Morgan fingerprint density at radius 3 is 2.00 bits per heavy atom. The zero-order valence-corrected chi connectivity index (χ0v) is 20.9. The van der Waals surface area contributed by atoms with Gasteiger partial charge in [0.1, 0.15) is 12.2 Å². The van der Waals surface area contributed by atoms with Crippen LogP contribution < -0.4 is 0 Å². The molecule has 0 aromatic heterocycles. The van der Waals surface area contributed by atoms with E-state index in [1.165, 1.54) is 6.66 Å². The van der Waals surface area contributed by atoms with Gasteiger partial charge in [-0.15, -0.1) is 0 Å². The molecular weight excluding hydrogens is 405 g/mol. The van der Waals surface area contributed by atoms with Crippen LogP contribution in [0.25, 0.3) is 0 Å². The van der Waals surface area contributed by atoms with Gasteiger partial charge in [-0.1, -0.05) is 27.5 Å². The summed E-state index contributed by atoms with van der Waals surface area (Å²) in [5.41, 5.74) is 0. The largest absolute Gasteiger partial charge is 0.378 e. The van der Waals surface area contributed by atoms with E-state index in [2.05, 4.69) is 27.5 Å². The fourth-order valence-electron chi connectivity index (χ4n) is 4.52. The molecule has 0 aliphatic carbocycles. The molecule has 0 bridgehead atoms. The van der Waals surface area contributed by atoms with Crippen LogP contribution in [0.15, 0.2) is 0 Å². The van der Waals surface area contributed by atoms with Crippen molar-refractivity contribution in [1.29, 1.82) is 0 Å². The Balaban J connectivity index is 1.99. The lowest BCUT2D eigenvalue weighted by molar-refractivity contribution is -0.0506. The summed E-state index contributed by atoms with van der Waals surface area (Å²) in [5, 5.41) is 0. The Morgan fingerprint density at radius 1 is 0.967 bits per heavy atom. The quantitative estimate of drug-likeness (QED) is 0.337. The molecule has 0 aromatic carbocycles. The predicted octanol–water partition coefficient (Wildman–Crippen LogP) is 2.73. The van der Waals surface area contributed by atoms with E-state index in [1.54, 1.807) is 0 Å². The van der Waals surface area contributed by atoms with E-state index in [0.29, 0.717) is 13.2 Å². The van der Waals surface area contributed by atoms with Crippen LogP contribution in [0.4, 0.5) is 0 Å². The molecular formula is C20H41B2O7P. The van der Waals surface area contributed by atoms with Gasteiger partial charge < -0.3 is 28.0 Å². The van der Waals surface area contributed by atoms with Gasteiger partial charge in [-0.3, -0.25) is 4.57 Å². The maximum atomic E-state index is 13.2. The van der Waals surface area contributed by atoms with Gasteiger partial charge in [-0.05, 0) is 20.8 Å². The average Bonchev–Trinajstić information content (AvgIpc) is 3.15. The molecule has 9 atom stereocenters. The normalized spacial score (nSPS) is 38.7. The van der Waals surface area contributed by atoms with Crippen LogP contribution in [0, 0.1) is 11.8 Å². The third kappa shape index (κ3) is 6.81. The molecule has 2 heterocycles. The van der Waals surface area contributed by atoms with Gasteiger partial charge in [-0.2, -0.15) is 0 Å². The Morgan fingerprint density at radius 2 is 1.50 bits per heavy atom. The smallest absolute Gasteiger partial charge is 0.328 e. The van der Waals surface area contributed by atoms with Crippen molar-refractivity contribution in [1.82, 2.24) is 0 Å². The van der Waals surface area contributed by atoms with Crippen LogP contribution in [-0.2, 0) is 32.6 Å². The van der Waals surface area contributed by atoms with E-state index in [9.17, 15) is 4.57 Å². The second-order valence-electron chi connectivity index (χ2n) is 8.90. The lowest BCUT2D eigenvalue weighted by atomic mass is 9.69. The molecule has 30 heavy (non-hydrogen) atoms. The van der Waals surface area contributed by atoms with Gasteiger partial charge >= 0.3 is 7.60 Å². The van der Waals surface area contributed by atoms with Crippen LogP contribution in [0.3, 0.4) is 0 Å². The summed E-state index contributed by atoms with van der Waals surface area (Å²) < 4.78 is 49.0. The molecule has 0 amide bonds. The standard InChI is InChI=1S/C20H41B2O7P/c1-9-24-17-13(4)19(21-6)28-16(17)11-26-30(8,23)29-18-14(5)20(22-7)27-15(18)10-25-12(2)3/h12-22H,9-11H2,1-8H3/t13-,14-,15+,16+,17?,18?,19+,20+,30?/m0/s1. The molecule has 0 N–H and O–H groups in total. The topological polar surface area (TPSA) is 72.5 Å². The molecule has 0 radical (unpaired) electrons. The van der Waals surface area contributed by atoms with Crippen molar-refractivity contribution in [2.75, 3.05) is 26.5 Å². The molecule has 0 spiro atoms. The number of ether oxygens (including phenoxy) is 4. The van der Waals surface area contributed by atoms with E-state index in [4.69, 9.17) is 28.0 Å². The Labute approximate surface area is 184 Å². The van der Waals surface area contributed by atoms with Crippen molar-refractivity contribution < 1.29 is 32.6 Å². The zero-order chi connectivity index (χ0) is 22.5. The molecule has 10 heteroatoms. The average molecular weight is 446 g/mol. The van der Waals surface area contributed by atoms with Crippen molar-refractivity contribution in [3.05, 3.63) is 0 Å². The highest BCUT2D eigenvalue weighted by molar-refractivity contribution is 7.53. The summed E-state index contributed by atoms with van der Waals surface area (Å²) >= 11 is 0. The van der Waals surface area contributed by atoms with Gasteiger partial charge in [0.25, 0.3) is 0 Å². The predicted molar refractivity (Wildman–Crippen MR) is 123 cm³/mol. The first-order valence-electron chi connectivity index (χ1n) is 11.6. The van der Waals surface area contributed by atoms with Crippen molar-refractivity contribution in [2.24, 2.45) is 11.8 Å². The summed E-state index contributed by atoms with van der Waals surface area (Å²) in [6.45, 7) is 17.1. The summed E-state index contributed by atoms with van der Waals surface area (Å²) in [7, 11) is -1.54. The number of rotatable bonds is 12. The molecule has 2 saturated heterocycles. The van der Waals surface area contributed by atoms with E-state index < -0.39 is 7.60 Å². The Kier molecular flexibility index (Phi) is 10.4. The highest BCUT2D eigenvalue weighted by atomic mass is 31.2. The van der Waals surface area contributed by atoms with Crippen molar-refractivity contribution >= 4 is 22.2 Å². The minimum atomic E-state index is -3.32. The molecule has 0 aromatic rings. The molecule has 2 rings (SSSR count). The van der Waals surface area contributed by atoms with Crippen LogP contribution in [0.1, 0.15) is 34.6 Å². The Hall–Kier alpha value is 0.120. The van der Waals surface area contributed by atoms with Gasteiger partial charge in [0, 0.05) is 37.1 Å². The third-order valence-electron chi connectivity index (χ3n) is 6.19. The minimum absolute atomic E-state index is 0.0578. The van der Waals surface area contributed by atoms with Crippen LogP contribution >= 0.6 is 7.60 Å². The summed E-state index contributed by atoms with van der Waals surface area (Å²) in [6.07, 6.45) is -0.807. The first kappa shape index (κ1) is 26.4. The maximum absolute atomic E-state index is 13.2. The fourth-order valence-corrected chi connectivity index (χ4v) is 5.77. The SMILES string of the molecule is CB[C@@H]1O[C@H](COP(C)(=O)OC2[C@@H](COC(C)C)O[C@@H](BC)[C@H]2C)C(OCC)[C@@H]1C. The fraction of sp³-hybridized carbons (Fsp3) is 1.00. The number of hydrogen-bond donors (Lipinski definition) is 0. The zero-order valence-electron chi connectivity index (χ0n) is 20.0. The molecule has 2 aliphatic rings. The van der Waals surface area contributed by atoms with E-state index >= 15 is 0 Å². The van der Waals surface area contributed by atoms with Gasteiger partial charge in [-0.25, -0.2) is 0 Å². The lowest BCUT2D eigenvalue weighted by Gasteiger charge is -2.27. The Bertz CT molecular complexity index is 567. The van der Waals surface area contributed by atoms with Crippen LogP contribution in [0.2, 0.25) is 13.6 Å². The van der Waals surface area contributed by atoms with Crippen molar-refractivity contribution in [3.63, 3.8) is 0 Å². The summed E-state index contributed by atoms with van der Waals surface area (Å²) in [5.74, 6) is 0.378. The lowest BCUT2D eigenvalue weighted by Crippen LogP contribution is -2.34. The third-order valence-corrected chi connectivity index (χ3v) is 7.43. The van der Waals surface area contributed by atoms with Gasteiger partial charge in [0.15, 0.2) is 14.6 Å².